The Morgan fingerprint density at radius 2 is 1.34 bits per heavy atom. The van der Waals surface area contributed by atoms with Crippen molar-refractivity contribution >= 4 is 11.9 Å². The van der Waals surface area contributed by atoms with E-state index in [4.69, 9.17) is 14.2 Å². The lowest BCUT2D eigenvalue weighted by Crippen LogP contribution is -2.23. The van der Waals surface area contributed by atoms with Crippen molar-refractivity contribution < 1.29 is 23.8 Å². The molecule has 0 unspecified atom stereocenters. The minimum atomic E-state index is -0.285. The predicted molar refractivity (Wildman–Crippen MR) is 105 cm³/mol. The molecule has 0 radical (unpaired) electrons. The van der Waals surface area contributed by atoms with Crippen LogP contribution in [0.25, 0.3) is 0 Å². The number of benzene rings is 2. The van der Waals surface area contributed by atoms with Crippen LogP contribution >= 0.6 is 0 Å². The topological polar surface area (TPSA) is 65.1 Å². The maximum Gasteiger partial charge on any atom is 0.338 e. The lowest BCUT2D eigenvalue weighted by atomic mass is 9.89. The third-order valence-corrected chi connectivity index (χ3v) is 6.63. The van der Waals surface area contributed by atoms with Crippen molar-refractivity contribution in [2.24, 2.45) is 23.7 Å². The summed E-state index contributed by atoms with van der Waals surface area (Å²) in [4.78, 5) is 24.6. The van der Waals surface area contributed by atoms with E-state index in [9.17, 15) is 9.59 Å². The molecule has 5 heteroatoms. The monoisotopic (exact) mass is 392 g/mol. The van der Waals surface area contributed by atoms with E-state index in [1.807, 2.05) is 36.4 Å². The summed E-state index contributed by atoms with van der Waals surface area (Å²) in [6.45, 7) is 0.808. The summed E-state index contributed by atoms with van der Waals surface area (Å²) >= 11 is 0. The van der Waals surface area contributed by atoms with Crippen molar-refractivity contribution in [1.29, 1.82) is 0 Å². The normalized spacial score (nSPS) is 31.6. The van der Waals surface area contributed by atoms with Crippen LogP contribution in [-0.4, -0.2) is 37.4 Å². The van der Waals surface area contributed by atoms with Crippen LogP contribution in [0.5, 0.6) is 0 Å². The fourth-order valence-corrected chi connectivity index (χ4v) is 5.25. The zero-order valence-corrected chi connectivity index (χ0v) is 16.1. The molecule has 5 rings (SSSR count). The van der Waals surface area contributed by atoms with Gasteiger partial charge in [-0.3, -0.25) is 0 Å². The first-order chi connectivity index (χ1) is 14.2. The van der Waals surface area contributed by atoms with Gasteiger partial charge in [0.1, 0.15) is 0 Å². The molecule has 150 valence electrons. The van der Waals surface area contributed by atoms with Gasteiger partial charge in [-0.05, 0) is 60.8 Å². The number of carbonyl (C=O) groups excluding carboxylic acids is 2. The molecule has 1 saturated heterocycles. The molecule has 0 bridgehead atoms. The minimum Gasteiger partial charge on any atom is -0.462 e. The van der Waals surface area contributed by atoms with Gasteiger partial charge in [0.05, 0.1) is 36.5 Å². The summed E-state index contributed by atoms with van der Waals surface area (Å²) in [5.41, 5.74) is 1.15. The number of fused-ring (bicyclic) bond motifs is 3. The van der Waals surface area contributed by atoms with Crippen LogP contribution in [0.3, 0.4) is 0 Å². The number of rotatable bonds is 6. The Kier molecular flexibility index (Phi) is 4.84. The van der Waals surface area contributed by atoms with Crippen molar-refractivity contribution in [3.63, 3.8) is 0 Å². The largest absolute Gasteiger partial charge is 0.462 e. The highest BCUT2D eigenvalue weighted by molar-refractivity contribution is 5.89. The SMILES string of the molecule is O=C(OC[C@H]1C[C@@H](COC(=O)c2ccccc2)[C@@H]2[C@H]1C[C@H]1O[C@@H]21)c1ccccc1. The van der Waals surface area contributed by atoms with E-state index < -0.39 is 0 Å². The summed E-state index contributed by atoms with van der Waals surface area (Å²) in [5, 5.41) is 0. The van der Waals surface area contributed by atoms with Crippen molar-refractivity contribution in [1.82, 2.24) is 0 Å². The maximum absolute atomic E-state index is 12.3. The Labute approximate surface area is 170 Å². The molecule has 6 atom stereocenters. The second-order valence-corrected chi connectivity index (χ2v) is 8.30. The lowest BCUT2D eigenvalue weighted by molar-refractivity contribution is 0.0374. The van der Waals surface area contributed by atoms with E-state index in [0.29, 0.717) is 48.2 Å². The van der Waals surface area contributed by atoms with Crippen LogP contribution in [0.4, 0.5) is 0 Å². The average Bonchev–Trinajstić information content (AvgIpc) is 3.30. The Morgan fingerprint density at radius 1 is 0.793 bits per heavy atom. The summed E-state index contributed by atoms with van der Waals surface area (Å²) in [6, 6.07) is 18.2. The third-order valence-electron chi connectivity index (χ3n) is 6.63. The van der Waals surface area contributed by atoms with Crippen molar-refractivity contribution in [2.75, 3.05) is 13.2 Å². The molecule has 1 aliphatic heterocycles. The Morgan fingerprint density at radius 3 is 1.93 bits per heavy atom. The Bertz CT molecular complexity index is 881. The Balaban J connectivity index is 1.20. The van der Waals surface area contributed by atoms with Crippen LogP contribution in [0.15, 0.2) is 60.7 Å². The Hall–Kier alpha value is -2.66. The number of ether oxygens (including phenoxy) is 3. The molecule has 1 heterocycles. The third kappa shape index (κ3) is 3.67. The molecular formula is C24H24O5. The van der Waals surface area contributed by atoms with Crippen molar-refractivity contribution in [3.8, 4) is 0 Å². The molecule has 0 spiro atoms. The molecule has 2 aliphatic carbocycles. The molecule has 2 aromatic carbocycles. The molecule has 0 aromatic heterocycles. The van der Waals surface area contributed by atoms with E-state index in [0.717, 1.165) is 12.8 Å². The molecular weight excluding hydrogens is 368 g/mol. The van der Waals surface area contributed by atoms with Crippen molar-refractivity contribution in [2.45, 2.75) is 25.0 Å². The lowest BCUT2D eigenvalue weighted by Gasteiger charge is -2.21. The molecule has 0 amide bonds. The second kappa shape index (κ2) is 7.64. The zero-order valence-electron chi connectivity index (χ0n) is 16.1. The molecule has 2 saturated carbocycles. The van der Waals surface area contributed by atoms with E-state index in [1.165, 1.54) is 0 Å². The molecule has 3 fully saturated rings. The van der Waals surface area contributed by atoms with Gasteiger partial charge in [-0.2, -0.15) is 0 Å². The molecule has 0 N–H and O–H groups in total. The first-order valence-electron chi connectivity index (χ1n) is 10.3. The van der Waals surface area contributed by atoms with E-state index in [-0.39, 0.29) is 24.0 Å². The van der Waals surface area contributed by atoms with Gasteiger partial charge in [0, 0.05) is 0 Å². The smallest absolute Gasteiger partial charge is 0.338 e. The fraction of sp³-hybridized carbons (Fsp3) is 0.417. The first kappa shape index (κ1) is 18.4. The number of hydrogen-bond donors (Lipinski definition) is 0. The van der Waals surface area contributed by atoms with E-state index in [2.05, 4.69) is 0 Å². The summed E-state index contributed by atoms with van der Waals surface area (Å²) in [5.74, 6) is 0.856. The van der Waals surface area contributed by atoms with Gasteiger partial charge in [-0.1, -0.05) is 36.4 Å². The summed E-state index contributed by atoms with van der Waals surface area (Å²) in [7, 11) is 0. The van der Waals surface area contributed by atoms with Gasteiger partial charge < -0.3 is 14.2 Å². The molecule has 3 aliphatic rings. The summed E-state index contributed by atoms with van der Waals surface area (Å²) < 4.78 is 17.0. The molecule has 29 heavy (non-hydrogen) atoms. The van der Waals surface area contributed by atoms with Crippen molar-refractivity contribution in [3.05, 3.63) is 71.8 Å². The number of hydrogen-bond acceptors (Lipinski definition) is 5. The van der Waals surface area contributed by atoms with Gasteiger partial charge in [-0.25, -0.2) is 9.59 Å². The predicted octanol–water partition coefficient (Wildman–Crippen LogP) is 3.74. The van der Waals surface area contributed by atoms with E-state index in [1.54, 1.807) is 24.3 Å². The van der Waals surface area contributed by atoms with Gasteiger partial charge >= 0.3 is 11.9 Å². The average molecular weight is 392 g/mol. The minimum absolute atomic E-state index is 0.255. The van der Waals surface area contributed by atoms with Crippen LogP contribution < -0.4 is 0 Å². The van der Waals surface area contributed by atoms with Gasteiger partial charge in [0.25, 0.3) is 0 Å². The van der Waals surface area contributed by atoms with Gasteiger partial charge in [-0.15, -0.1) is 0 Å². The van der Waals surface area contributed by atoms with E-state index >= 15 is 0 Å². The molecule has 2 aromatic rings. The summed E-state index contributed by atoms with van der Waals surface area (Å²) in [6.07, 6.45) is 2.54. The fourth-order valence-electron chi connectivity index (χ4n) is 5.25. The van der Waals surface area contributed by atoms with Crippen LogP contribution in [0.2, 0.25) is 0 Å². The number of epoxide rings is 1. The first-order valence-corrected chi connectivity index (χ1v) is 10.3. The molecule has 5 nitrogen and oxygen atoms in total. The maximum atomic E-state index is 12.3. The highest BCUT2D eigenvalue weighted by atomic mass is 16.6. The highest BCUT2D eigenvalue weighted by Gasteiger charge is 2.62. The van der Waals surface area contributed by atoms with Crippen LogP contribution in [0.1, 0.15) is 33.6 Å². The zero-order chi connectivity index (χ0) is 19.8. The highest BCUT2D eigenvalue weighted by Crippen LogP contribution is 2.58. The van der Waals surface area contributed by atoms with Crippen LogP contribution in [0, 0.1) is 23.7 Å². The van der Waals surface area contributed by atoms with Crippen LogP contribution in [-0.2, 0) is 14.2 Å². The second-order valence-electron chi connectivity index (χ2n) is 8.30. The standard InChI is InChI=1S/C24H24O5/c25-23(15-7-3-1-4-8-15)27-13-17-11-18(21-19(17)12-20-22(21)29-20)14-28-24(26)16-9-5-2-6-10-16/h1-10,17-22H,11-14H2/t17-,18+,19+,20-,21-,22-/m1/s1. The van der Waals surface area contributed by atoms with Gasteiger partial charge in [0.2, 0.25) is 0 Å². The number of esters is 2. The van der Waals surface area contributed by atoms with Gasteiger partial charge in [0.15, 0.2) is 0 Å². The quantitative estimate of drug-likeness (QED) is 0.553. The number of carbonyl (C=O) groups is 2.